The van der Waals surface area contributed by atoms with Crippen LogP contribution in [0.5, 0.6) is 0 Å². The van der Waals surface area contributed by atoms with Gasteiger partial charge in [0.25, 0.3) is 5.91 Å². The molecule has 1 unspecified atom stereocenters. The van der Waals surface area contributed by atoms with Crippen molar-refractivity contribution in [3.63, 3.8) is 0 Å². The van der Waals surface area contributed by atoms with E-state index >= 15 is 0 Å². The van der Waals surface area contributed by atoms with Crippen LogP contribution in [0, 0.1) is 0 Å². The molecule has 0 radical (unpaired) electrons. The fourth-order valence-corrected chi connectivity index (χ4v) is 0.678. The van der Waals surface area contributed by atoms with Crippen LogP contribution in [-0.2, 0) is 0 Å². The first-order valence-corrected chi connectivity index (χ1v) is 3.14. The largest absolute Gasteiger partial charge is 0.372 e. The molecule has 0 aromatic carbocycles. The smallest absolute Gasteiger partial charge is 0.269 e. The number of nitrogens with two attached hydrogens (primary N) is 1. The maximum atomic E-state index is 10.5. The molecule has 5 heteroatoms. The molecule has 60 valence electrons. The number of hydrogen-bond donors (Lipinski definition) is 2. The molecule has 1 amide bonds. The van der Waals surface area contributed by atoms with E-state index in [2.05, 4.69) is 5.10 Å². The Kier molecular flexibility index (Phi) is 1.91. The topological polar surface area (TPSA) is 81.1 Å². The molecule has 1 atom stereocenters. The minimum atomic E-state index is -0.733. The van der Waals surface area contributed by atoms with Crippen molar-refractivity contribution in [1.29, 1.82) is 0 Å². The van der Waals surface area contributed by atoms with Crippen molar-refractivity contribution in [1.82, 2.24) is 9.78 Å². The average Bonchev–Trinajstić information content (AvgIpc) is 2.33. The first kappa shape index (κ1) is 7.74. The van der Waals surface area contributed by atoms with Crippen molar-refractivity contribution in [2.75, 3.05) is 0 Å². The van der Waals surface area contributed by atoms with Crippen LogP contribution < -0.4 is 5.73 Å². The van der Waals surface area contributed by atoms with Crippen LogP contribution in [0.1, 0.15) is 23.6 Å². The number of carbonyl (C=O) groups excluding carboxylic acids is 1. The number of primary amides is 1. The van der Waals surface area contributed by atoms with E-state index in [1.165, 1.54) is 23.9 Å². The Bertz CT molecular complexity index is 267. The summed E-state index contributed by atoms with van der Waals surface area (Å²) in [6.07, 6.45) is 0.758. The van der Waals surface area contributed by atoms with Gasteiger partial charge in [-0.15, -0.1) is 0 Å². The lowest BCUT2D eigenvalue weighted by molar-refractivity contribution is 0.0978. The summed E-state index contributed by atoms with van der Waals surface area (Å²) in [6, 6.07) is 1.45. The van der Waals surface area contributed by atoms with E-state index in [0.717, 1.165) is 0 Å². The average molecular weight is 155 g/mol. The van der Waals surface area contributed by atoms with E-state index in [0.29, 0.717) is 0 Å². The predicted octanol–water partition coefficient (Wildman–Crippen LogP) is -0.507. The van der Waals surface area contributed by atoms with Crippen LogP contribution in [0.25, 0.3) is 0 Å². The van der Waals surface area contributed by atoms with Gasteiger partial charge in [0.1, 0.15) is 11.9 Å². The lowest BCUT2D eigenvalue weighted by atomic mass is 10.4. The zero-order valence-corrected chi connectivity index (χ0v) is 6.06. The molecule has 5 nitrogen and oxygen atoms in total. The molecule has 0 fully saturated rings. The van der Waals surface area contributed by atoms with Gasteiger partial charge in [-0.3, -0.25) is 4.79 Å². The highest BCUT2D eigenvalue weighted by atomic mass is 16.3. The molecule has 1 aromatic heterocycles. The fourth-order valence-electron chi connectivity index (χ4n) is 0.678. The predicted molar refractivity (Wildman–Crippen MR) is 37.7 cm³/mol. The van der Waals surface area contributed by atoms with Crippen molar-refractivity contribution in [2.45, 2.75) is 13.2 Å². The number of amides is 1. The van der Waals surface area contributed by atoms with Gasteiger partial charge in [0.2, 0.25) is 0 Å². The van der Waals surface area contributed by atoms with Crippen LogP contribution in [0.4, 0.5) is 0 Å². The Hall–Kier alpha value is -1.36. The maximum absolute atomic E-state index is 10.5. The Morgan fingerprint density at radius 1 is 1.91 bits per heavy atom. The summed E-state index contributed by atoms with van der Waals surface area (Å²) < 4.78 is 1.25. The van der Waals surface area contributed by atoms with Gasteiger partial charge in [0.05, 0.1) is 0 Å². The first-order chi connectivity index (χ1) is 5.11. The summed E-state index contributed by atoms with van der Waals surface area (Å²) in [6.45, 7) is 1.54. The Balaban J connectivity index is 2.90. The molecule has 1 heterocycles. The maximum Gasteiger partial charge on any atom is 0.269 e. The van der Waals surface area contributed by atoms with Crippen LogP contribution >= 0.6 is 0 Å². The summed E-state index contributed by atoms with van der Waals surface area (Å²) in [5.74, 6) is -0.593. The number of rotatable bonds is 2. The number of carbonyl (C=O) groups is 1. The number of nitrogens with zero attached hydrogens (tertiary/aromatic N) is 2. The summed E-state index contributed by atoms with van der Waals surface area (Å²) in [4.78, 5) is 10.5. The monoisotopic (exact) mass is 155 g/mol. The van der Waals surface area contributed by atoms with Crippen LogP contribution in [-0.4, -0.2) is 20.8 Å². The SMILES string of the molecule is CC(O)n1ccc(C(N)=O)n1. The van der Waals surface area contributed by atoms with Gasteiger partial charge in [-0.2, -0.15) is 5.10 Å². The highest BCUT2D eigenvalue weighted by Crippen LogP contribution is 2.00. The van der Waals surface area contributed by atoms with Gasteiger partial charge < -0.3 is 10.8 Å². The van der Waals surface area contributed by atoms with Crippen molar-refractivity contribution in [3.8, 4) is 0 Å². The lowest BCUT2D eigenvalue weighted by Gasteiger charge is -2.01. The quantitative estimate of drug-likeness (QED) is 0.603. The third kappa shape index (κ3) is 1.56. The molecule has 0 aliphatic heterocycles. The molecule has 11 heavy (non-hydrogen) atoms. The van der Waals surface area contributed by atoms with E-state index < -0.39 is 12.1 Å². The Morgan fingerprint density at radius 3 is 2.82 bits per heavy atom. The van der Waals surface area contributed by atoms with E-state index in [-0.39, 0.29) is 5.69 Å². The second-order valence-electron chi connectivity index (χ2n) is 2.18. The summed E-state index contributed by atoms with van der Waals surface area (Å²) >= 11 is 0. The summed E-state index contributed by atoms with van der Waals surface area (Å²) in [5.41, 5.74) is 5.09. The Morgan fingerprint density at radius 2 is 2.55 bits per heavy atom. The van der Waals surface area contributed by atoms with Gasteiger partial charge in [-0.25, -0.2) is 4.68 Å². The number of aliphatic hydroxyl groups is 1. The number of aromatic nitrogens is 2. The first-order valence-electron chi connectivity index (χ1n) is 3.14. The highest BCUT2D eigenvalue weighted by molar-refractivity contribution is 5.90. The summed E-state index contributed by atoms with van der Waals surface area (Å²) in [5, 5.41) is 12.7. The van der Waals surface area contributed by atoms with E-state index in [4.69, 9.17) is 10.8 Å². The lowest BCUT2D eigenvalue weighted by Crippen LogP contribution is -2.13. The molecule has 0 bridgehead atoms. The van der Waals surface area contributed by atoms with E-state index in [1.54, 1.807) is 0 Å². The Labute approximate surface area is 63.4 Å². The van der Waals surface area contributed by atoms with Gasteiger partial charge in [0.15, 0.2) is 0 Å². The van der Waals surface area contributed by atoms with Gasteiger partial charge in [-0.1, -0.05) is 0 Å². The molecule has 0 saturated carbocycles. The molecule has 0 saturated heterocycles. The highest BCUT2D eigenvalue weighted by Gasteiger charge is 2.06. The second kappa shape index (κ2) is 2.71. The van der Waals surface area contributed by atoms with Crippen LogP contribution in [0.2, 0.25) is 0 Å². The molecule has 1 rings (SSSR count). The molecular formula is C6H9N3O2. The van der Waals surface area contributed by atoms with Gasteiger partial charge >= 0.3 is 0 Å². The normalized spacial score (nSPS) is 12.9. The molecule has 0 spiro atoms. The fraction of sp³-hybridized carbons (Fsp3) is 0.333. The van der Waals surface area contributed by atoms with E-state index in [9.17, 15) is 4.79 Å². The molecular weight excluding hydrogens is 146 g/mol. The third-order valence-electron chi connectivity index (χ3n) is 1.24. The van der Waals surface area contributed by atoms with E-state index in [1.807, 2.05) is 0 Å². The van der Waals surface area contributed by atoms with Crippen LogP contribution in [0.3, 0.4) is 0 Å². The third-order valence-corrected chi connectivity index (χ3v) is 1.24. The number of aliphatic hydroxyl groups excluding tert-OH is 1. The minimum absolute atomic E-state index is 0.158. The second-order valence-corrected chi connectivity index (χ2v) is 2.18. The van der Waals surface area contributed by atoms with Crippen molar-refractivity contribution < 1.29 is 9.90 Å². The molecule has 0 aliphatic rings. The van der Waals surface area contributed by atoms with Crippen LogP contribution in [0.15, 0.2) is 12.3 Å². The van der Waals surface area contributed by atoms with Gasteiger partial charge in [0, 0.05) is 6.20 Å². The zero-order valence-electron chi connectivity index (χ0n) is 6.06. The minimum Gasteiger partial charge on any atom is -0.372 e. The standard InChI is InChI=1S/C6H9N3O2/c1-4(10)9-3-2-5(8-9)6(7)11/h2-4,10H,1H3,(H2,7,11). The van der Waals surface area contributed by atoms with Crippen molar-refractivity contribution in [2.24, 2.45) is 5.73 Å². The van der Waals surface area contributed by atoms with Crippen molar-refractivity contribution in [3.05, 3.63) is 18.0 Å². The molecule has 0 aliphatic carbocycles. The zero-order chi connectivity index (χ0) is 8.43. The summed E-state index contributed by atoms with van der Waals surface area (Å²) in [7, 11) is 0. The molecule has 1 aromatic rings. The molecule has 3 N–H and O–H groups in total. The van der Waals surface area contributed by atoms with Crippen molar-refractivity contribution >= 4 is 5.91 Å². The van der Waals surface area contributed by atoms with Gasteiger partial charge in [-0.05, 0) is 13.0 Å². The number of hydrogen-bond acceptors (Lipinski definition) is 3.